The van der Waals surface area contributed by atoms with Crippen molar-refractivity contribution in [1.82, 2.24) is 0 Å². The van der Waals surface area contributed by atoms with Crippen LogP contribution in [0.2, 0.25) is 0 Å². The molecule has 90 valence electrons. The molecule has 1 aromatic carbocycles. The van der Waals surface area contributed by atoms with Crippen LogP contribution >= 0.6 is 0 Å². The summed E-state index contributed by atoms with van der Waals surface area (Å²) in [5.74, 6) is 1.16. The predicted molar refractivity (Wildman–Crippen MR) is 65.3 cm³/mol. The fraction of sp³-hybridized carbons (Fsp3) is 0.500. The van der Waals surface area contributed by atoms with Gasteiger partial charge in [0, 0.05) is 23.9 Å². The van der Waals surface area contributed by atoms with Gasteiger partial charge in [-0.05, 0) is 36.6 Å². The molecule has 2 N–H and O–H groups in total. The first-order chi connectivity index (χ1) is 8.25. The van der Waals surface area contributed by atoms with Crippen molar-refractivity contribution in [2.24, 2.45) is 11.7 Å². The second-order valence-electron chi connectivity index (χ2n) is 4.99. The second kappa shape index (κ2) is 4.15. The fourth-order valence-corrected chi connectivity index (χ4v) is 2.87. The number of benzene rings is 1. The summed E-state index contributed by atoms with van der Waals surface area (Å²) in [7, 11) is 0. The fourth-order valence-electron chi connectivity index (χ4n) is 2.87. The SMILES string of the molecule is NC1CCCC1C(=O)c1ccc2c(c1)CCO2. The third kappa shape index (κ3) is 1.84. The van der Waals surface area contributed by atoms with Crippen molar-refractivity contribution in [3.05, 3.63) is 29.3 Å². The summed E-state index contributed by atoms with van der Waals surface area (Å²) in [6, 6.07) is 5.82. The quantitative estimate of drug-likeness (QED) is 0.791. The number of rotatable bonds is 2. The Morgan fingerprint density at radius 2 is 2.24 bits per heavy atom. The zero-order valence-corrected chi connectivity index (χ0v) is 9.82. The van der Waals surface area contributed by atoms with Gasteiger partial charge in [0.1, 0.15) is 5.75 Å². The minimum Gasteiger partial charge on any atom is -0.493 e. The molecular weight excluding hydrogens is 214 g/mol. The molecule has 2 atom stereocenters. The minimum atomic E-state index is 0.0235. The summed E-state index contributed by atoms with van der Waals surface area (Å²) in [6.45, 7) is 0.732. The Morgan fingerprint density at radius 3 is 3.00 bits per heavy atom. The molecule has 1 fully saturated rings. The number of hydrogen-bond acceptors (Lipinski definition) is 3. The standard InChI is InChI=1S/C14H17NO2/c15-12-3-1-2-11(12)14(16)10-4-5-13-9(8-10)6-7-17-13/h4-5,8,11-12H,1-3,6-7,15H2. The Morgan fingerprint density at radius 1 is 1.35 bits per heavy atom. The first-order valence-electron chi connectivity index (χ1n) is 6.31. The van der Waals surface area contributed by atoms with Gasteiger partial charge in [0.25, 0.3) is 0 Å². The zero-order chi connectivity index (χ0) is 11.8. The summed E-state index contributed by atoms with van der Waals surface area (Å²) in [6.07, 6.45) is 3.90. The number of ketones is 1. The molecule has 0 aromatic heterocycles. The van der Waals surface area contributed by atoms with Gasteiger partial charge in [-0.25, -0.2) is 0 Å². The van der Waals surface area contributed by atoms with E-state index in [-0.39, 0.29) is 17.7 Å². The number of carbonyl (C=O) groups is 1. The third-order valence-corrected chi connectivity index (χ3v) is 3.88. The van der Waals surface area contributed by atoms with E-state index in [1.807, 2.05) is 18.2 Å². The maximum absolute atomic E-state index is 12.3. The second-order valence-corrected chi connectivity index (χ2v) is 4.99. The lowest BCUT2D eigenvalue weighted by Crippen LogP contribution is -2.30. The Kier molecular flexibility index (Phi) is 2.63. The highest BCUT2D eigenvalue weighted by Crippen LogP contribution is 2.30. The molecule has 1 aliphatic carbocycles. The average Bonchev–Trinajstić information content (AvgIpc) is 2.95. The van der Waals surface area contributed by atoms with E-state index in [2.05, 4.69) is 0 Å². The van der Waals surface area contributed by atoms with Crippen molar-refractivity contribution in [1.29, 1.82) is 0 Å². The molecular formula is C14H17NO2. The Labute approximate surface area is 101 Å². The van der Waals surface area contributed by atoms with Crippen LogP contribution < -0.4 is 10.5 Å². The number of carbonyl (C=O) groups excluding carboxylic acids is 1. The molecule has 0 spiro atoms. The number of ether oxygens (including phenoxy) is 1. The zero-order valence-electron chi connectivity index (χ0n) is 9.82. The van der Waals surface area contributed by atoms with Gasteiger partial charge < -0.3 is 10.5 Å². The lowest BCUT2D eigenvalue weighted by atomic mass is 9.92. The van der Waals surface area contributed by atoms with E-state index in [1.165, 1.54) is 0 Å². The molecule has 0 amide bonds. The van der Waals surface area contributed by atoms with Crippen LogP contribution in [0.15, 0.2) is 18.2 Å². The van der Waals surface area contributed by atoms with Crippen LogP contribution in [0.3, 0.4) is 0 Å². The van der Waals surface area contributed by atoms with Crippen molar-refractivity contribution >= 4 is 5.78 Å². The first kappa shape index (κ1) is 10.8. The molecule has 1 aliphatic heterocycles. The summed E-state index contributed by atoms with van der Waals surface area (Å²) < 4.78 is 5.44. The lowest BCUT2D eigenvalue weighted by Gasteiger charge is -2.14. The van der Waals surface area contributed by atoms with Gasteiger partial charge >= 0.3 is 0 Å². The van der Waals surface area contributed by atoms with Gasteiger partial charge in [-0.15, -0.1) is 0 Å². The largest absolute Gasteiger partial charge is 0.493 e. The van der Waals surface area contributed by atoms with Gasteiger partial charge in [0.05, 0.1) is 6.61 Å². The molecule has 17 heavy (non-hydrogen) atoms. The summed E-state index contributed by atoms with van der Waals surface area (Å²) in [5, 5.41) is 0. The van der Waals surface area contributed by atoms with Crippen LogP contribution in [0.4, 0.5) is 0 Å². The summed E-state index contributed by atoms with van der Waals surface area (Å²) in [4.78, 5) is 12.3. The van der Waals surface area contributed by atoms with Crippen molar-refractivity contribution in [3.63, 3.8) is 0 Å². The van der Waals surface area contributed by atoms with Gasteiger partial charge in [0.2, 0.25) is 0 Å². The van der Waals surface area contributed by atoms with Crippen molar-refractivity contribution in [2.45, 2.75) is 31.7 Å². The molecule has 3 rings (SSSR count). The molecule has 3 nitrogen and oxygen atoms in total. The molecule has 0 radical (unpaired) electrons. The van der Waals surface area contributed by atoms with E-state index in [4.69, 9.17) is 10.5 Å². The Hall–Kier alpha value is -1.35. The topological polar surface area (TPSA) is 52.3 Å². The van der Waals surface area contributed by atoms with Crippen LogP contribution in [0, 0.1) is 5.92 Å². The van der Waals surface area contributed by atoms with E-state index >= 15 is 0 Å². The highest BCUT2D eigenvalue weighted by atomic mass is 16.5. The first-order valence-corrected chi connectivity index (χ1v) is 6.31. The smallest absolute Gasteiger partial charge is 0.167 e. The van der Waals surface area contributed by atoms with Crippen molar-refractivity contribution in [2.75, 3.05) is 6.61 Å². The molecule has 1 heterocycles. The van der Waals surface area contributed by atoms with E-state index < -0.39 is 0 Å². The number of nitrogens with two attached hydrogens (primary N) is 1. The molecule has 1 aromatic rings. The van der Waals surface area contributed by atoms with Crippen molar-refractivity contribution in [3.8, 4) is 5.75 Å². The van der Waals surface area contributed by atoms with Gasteiger partial charge in [-0.2, -0.15) is 0 Å². The summed E-state index contributed by atoms with van der Waals surface area (Å²) >= 11 is 0. The molecule has 1 saturated carbocycles. The average molecular weight is 231 g/mol. The highest BCUT2D eigenvalue weighted by molar-refractivity contribution is 5.98. The number of hydrogen-bond donors (Lipinski definition) is 1. The van der Waals surface area contributed by atoms with Gasteiger partial charge in [-0.3, -0.25) is 4.79 Å². The van der Waals surface area contributed by atoms with E-state index in [9.17, 15) is 4.79 Å². The maximum Gasteiger partial charge on any atom is 0.167 e. The van der Waals surface area contributed by atoms with E-state index in [0.717, 1.165) is 49.2 Å². The van der Waals surface area contributed by atoms with Gasteiger partial charge in [-0.1, -0.05) is 6.42 Å². The van der Waals surface area contributed by atoms with Crippen LogP contribution in [0.5, 0.6) is 5.75 Å². The predicted octanol–water partition coefficient (Wildman–Crippen LogP) is 1.93. The molecule has 2 aliphatic rings. The number of Topliss-reactive ketones (excluding diaryl/α,β-unsaturated/α-hetero) is 1. The third-order valence-electron chi connectivity index (χ3n) is 3.88. The maximum atomic E-state index is 12.3. The Bertz CT molecular complexity index is 456. The molecule has 3 heteroatoms. The van der Waals surface area contributed by atoms with E-state index in [1.54, 1.807) is 0 Å². The van der Waals surface area contributed by atoms with Crippen LogP contribution in [-0.2, 0) is 6.42 Å². The van der Waals surface area contributed by atoms with Crippen LogP contribution in [0.25, 0.3) is 0 Å². The van der Waals surface area contributed by atoms with Gasteiger partial charge in [0.15, 0.2) is 5.78 Å². The lowest BCUT2D eigenvalue weighted by molar-refractivity contribution is 0.0913. The normalized spacial score (nSPS) is 26.6. The van der Waals surface area contributed by atoms with Crippen LogP contribution in [0.1, 0.15) is 35.2 Å². The highest BCUT2D eigenvalue weighted by Gasteiger charge is 2.31. The van der Waals surface area contributed by atoms with Crippen molar-refractivity contribution < 1.29 is 9.53 Å². The van der Waals surface area contributed by atoms with E-state index in [0.29, 0.717) is 0 Å². The monoisotopic (exact) mass is 231 g/mol. The Balaban J connectivity index is 1.86. The number of fused-ring (bicyclic) bond motifs is 1. The minimum absolute atomic E-state index is 0.0235. The summed E-state index contributed by atoms with van der Waals surface area (Å²) in [5.41, 5.74) is 7.94. The molecule has 0 bridgehead atoms. The molecule has 2 unspecified atom stereocenters. The van der Waals surface area contributed by atoms with Crippen LogP contribution in [-0.4, -0.2) is 18.4 Å². The molecule has 0 saturated heterocycles.